The Kier molecular flexibility index (Phi) is 3.03. The number of benzene rings is 1. The first-order chi connectivity index (χ1) is 7.97. The number of thiazole rings is 1. The molecule has 0 spiro atoms. The molecule has 1 heterocycles. The quantitative estimate of drug-likeness (QED) is 0.832. The van der Waals surface area contributed by atoms with E-state index in [9.17, 15) is 8.42 Å². The van der Waals surface area contributed by atoms with Crippen LogP contribution in [0.3, 0.4) is 0 Å². The highest BCUT2D eigenvalue weighted by Crippen LogP contribution is 2.21. The Bertz CT molecular complexity index is 635. The molecule has 1 aromatic heterocycles. The number of nitrogens with two attached hydrogens (primary N) is 1. The maximum absolute atomic E-state index is 12.0. The van der Waals surface area contributed by atoms with Crippen LogP contribution in [0.15, 0.2) is 35.4 Å². The maximum atomic E-state index is 12.0. The summed E-state index contributed by atoms with van der Waals surface area (Å²) in [6.07, 6.45) is 1.61. The molecule has 3 N–H and O–H groups in total. The van der Waals surface area contributed by atoms with Gasteiger partial charge in [-0.15, -0.1) is 11.3 Å². The van der Waals surface area contributed by atoms with Crippen LogP contribution < -0.4 is 10.5 Å². The SMILES string of the molecule is Cc1cnc(NS(=O)(=O)c2cccc(N)c2)s1. The number of anilines is 2. The summed E-state index contributed by atoms with van der Waals surface area (Å²) in [5, 5.41) is 0.352. The second kappa shape index (κ2) is 4.34. The molecule has 0 aliphatic heterocycles. The van der Waals surface area contributed by atoms with Crippen molar-refractivity contribution in [2.45, 2.75) is 11.8 Å². The summed E-state index contributed by atoms with van der Waals surface area (Å²) in [6, 6.07) is 6.12. The van der Waals surface area contributed by atoms with Crippen molar-refractivity contribution in [3.8, 4) is 0 Å². The van der Waals surface area contributed by atoms with E-state index < -0.39 is 10.0 Å². The van der Waals surface area contributed by atoms with E-state index in [0.717, 1.165) is 4.88 Å². The van der Waals surface area contributed by atoms with Gasteiger partial charge < -0.3 is 5.73 Å². The molecule has 17 heavy (non-hydrogen) atoms. The molecular formula is C10H11N3O2S2. The van der Waals surface area contributed by atoms with E-state index in [4.69, 9.17) is 5.73 Å². The van der Waals surface area contributed by atoms with Gasteiger partial charge in [-0.25, -0.2) is 13.4 Å². The number of rotatable bonds is 3. The Morgan fingerprint density at radius 1 is 1.41 bits per heavy atom. The van der Waals surface area contributed by atoms with Crippen LogP contribution in [0.1, 0.15) is 4.88 Å². The van der Waals surface area contributed by atoms with Crippen LogP contribution >= 0.6 is 11.3 Å². The number of aryl methyl sites for hydroxylation is 1. The molecule has 1 aromatic carbocycles. The first-order valence-electron chi connectivity index (χ1n) is 4.78. The van der Waals surface area contributed by atoms with Gasteiger partial charge in [-0.1, -0.05) is 6.07 Å². The molecule has 2 aromatic rings. The van der Waals surface area contributed by atoms with Crippen molar-refractivity contribution in [1.82, 2.24) is 4.98 Å². The van der Waals surface area contributed by atoms with Crippen molar-refractivity contribution >= 4 is 32.2 Å². The van der Waals surface area contributed by atoms with Crippen LogP contribution in [0.2, 0.25) is 0 Å². The summed E-state index contributed by atoms with van der Waals surface area (Å²) in [4.78, 5) is 5.02. The largest absolute Gasteiger partial charge is 0.399 e. The van der Waals surface area contributed by atoms with E-state index >= 15 is 0 Å². The fourth-order valence-corrected chi connectivity index (χ4v) is 3.22. The summed E-state index contributed by atoms with van der Waals surface area (Å²) in [6.45, 7) is 1.86. The van der Waals surface area contributed by atoms with E-state index in [2.05, 4.69) is 9.71 Å². The van der Waals surface area contributed by atoms with Gasteiger partial charge in [-0.3, -0.25) is 4.72 Å². The van der Waals surface area contributed by atoms with Gasteiger partial charge >= 0.3 is 0 Å². The van der Waals surface area contributed by atoms with Gasteiger partial charge in [-0.05, 0) is 25.1 Å². The van der Waals surface area contributed by atoms with Crippen LogP contribution in [0, 0.1) is 6.92 Å². The predicted octanol–water partition coefficient (Wildman–Crippen LogP) is 1.83. The Morgan fingerprint density at radius 2 is 2.18 bits per heavy atom. The Morgan fingerprint density at radius 3 is 2.76 bits per heavy atom. The molecule has 0 aliphatic rings. The van der Waals surface area contributed by atoms with Crippen molar-refractivity contribution in [1.29, 1.82) is 0 Å². The Balaban J connectivity index is 2.31. The van der Waals surface area contributed by atoms with Crippen molar-refractivity contribution in [2.24, 2.45) is 0 Å². The van der Waals surface area contributed by atoms with Gasteiger partial charge in [0, 0.05) is 16.8 Å². The number of nitrogens with one attached hydrogen (secondary N) is 1. The molecule has 0 fully saturated rings. The molecule has 0 radical (unpaired) electrons. The molecule has 0 amide bonds. The van der Waals surface area contributed by atoms with Crippen molar-refractivity contribution in [2.75, 3.05) is 10.5 Å². The fraction of sp³-hybridized carbons (Fsp3) is 0.100. The molecule has 0 bridgehead atoms. The highest BCUT2D eigenvalue weighted by molar-refractivity contribution is 7.93. The van der Waals surface area contributed by atoms with Gasteiger partial charge in [0.25, 0.3) is 10.0 Å². The minimum Gasteiger partial charge on any atom is -0.399 e. The summed E-state index contributed by atoms with van der Waals surface area (Å²) < 4.78 is 26.3. The second-order valence-electron chi connectivity index (χ2n) is 3.45. The van der Waals surface area contributed by atoms with Crippen molar-refractivity contribution in [3.63, 3.8) is 0 Å². The average molecular weight is 269 g/mol. The van der Waals surface area contributed by atoms with E-state index in [-0.39, 0.29) is 4.90 Å². The second-order valence-corrected chi connectivity index (χ2v) is 6.37. The van der Waals surface area contributed by atoms with Gasteiger partial charge in [0.1, 0.15) is 0 Å². The van der Waals surface area contributed by atoms with E-state index in [1.54, 1.807) is 18.3 Å². The van der Waals surface area contributed by atoms with Crippen LogP contribution in [0.4, 0.5) is 10.8 Å². The monoisotopic (exact) mass is 269 g/mol. The van der Waals surface area contributed by atoms with Gasteiger partial charge in [-0.2, -0.15) is 0 Å². The number of hydrogen-bond donors (Lipinski definition) is 2. The minimum atomic E-state index is -3.60. The van der Waals surface area contributed by atoms with Gasteiger partial charge in [0.2, 0.25) is 0 Å². The number of nitrogens with zero attached hydrogens (tertiary/aromatic N) is 1. The minimum absolute atomic E-state index is 0.130. The molecule has 2 rings (SSSR count). The lowest BCUT2D eigenvalue weighted by atomic mass is 10.3. The van der Waals surface area contributed by atoms with E-state index in [1.807, 2.05) is 6.92 Å². The number of sulfonamides is 1. The number of nitrogen functional groups attached to an aromatic ring is 1. The van der Waals surface area contributed by atoms with Gasteiger partial charge in [0.15, 0.2) is 5.13 Å². The molecule has 90 valence electrons. The zero-order valence-corrected chi connectivity index (χ0v) is 10.7. The summed E-state index contributed by atoms with van der Waals surface area (Å²) in [5.74, 6) is 0. The zero-order valence-electron chi connectivity index (χ0n) is 9.04. The third-order valence-corrected chi connectivity index (χ3v) is 4.31. The first-order valence-corrected chi connectivity index (χ1v) is 7.08. The number of hydrogen-bond acceptors (Lipinski definition) is 5. The summed E-state index contributed by atoms with van der Waals surface area (Å²) in [7, 11) is -3.60. The average Bonchev–Trinajstić information content (AvgIpc) is 2.63. The van der Waals surface area contributed by atoms with Crippen molar-refractivity contribution < 1.29 is 8.42 Å². The highest BCUT2D eigenvalue weighted by Gasteiger charge is 2.15. The molecule has 0 saturated carbocycles. The topological polar surface area (TPSA) is 85.1 Å². The lowest BCUT2D eigenvalue weighted by molar-refractivity contribution is 0.601. The zero-order chi connectivity index (χ0) is 12.5. The lowest BCUT2D eigenvalue weighted by Gasteiger charge is -2.05. The molecule has 7 heteroatoms. The predicted molar refractivity (Wildman–Crippen MR) is 68.5 cm³/mol. The van der Waals surface area contributed by atoms with E-state index in [1.165, 1.54) is 23.5 Å². The van der Waals surface area contributed by atoms with Crippen molar-refractivity contribution in [3.05, 3.63) is 35.3 Å². The van der Waals surface area contributed by atoms with Gasteiger partial charge in [0.05, 0.1) is 4.90 Å². The third-order valence-electron chi connectivity index (χ3n) is 2.01. The summed E-state index contributed by atoms with van der Waals surface area (Å²) >= 11 is 1.28. The Hall–Kier alpha value is -1.60. The molecule has 0 aliphatic carbocycles. The Labute approximate surface area is 103 Å². The maximum Gasteiger partial charge on any atom is 0.263 e. The molecule has 0 unspecified atom stereocenters. The van der Waals surface area contributed by atoms with Crippen LogP contribution in [-0.2, 0) is 10.0 Å². The lowest BCUT2D eigenvalue weighted by Crippen LogP contribution is -2.12. The molecule has 0 saturated heterocycles. The first kappa shape index (κ1) is 11.9. The number of aromatic nitrogens is 1. The van der Waals surface area contributed by atoms with Crippen LogP contribution in [0.5, 0.6) is 0 Å². The van der Waals surface area contributed by atoms with Crippen LogP contribution in [-0.4, -0.2) is 13.4 Å². The van der Waals surface area contributed by atoms with Crippen LogP contribution in [0.25, 0.3) is 0 Å². The van der Waals surface area contributed by atoms with E-state index in [0.29, 0.717) is 10.8 Å². The fourth-order valence-electron chi connectivity index (χ4n) is 1.26. The molecule has 0 atom stereocenters. The standard InChI is InChI=1S/C10H11N3O2S2/c1-7-6-12-10(16-7)13-17(14,15)9-4-2-3-8(11)5-9/h2-6H,11H2,1H3,(H,12,13). The third kappa shape index (κ3) is 2.75. The summed E-state index contributed by atoms with van der Waals surface area (Å²) in [5.41, 5.74) is 5.95. The normalized spacial score (nSPS) is 11.4. The highest BCUT2D eigenvalue weighted by atomic mass is 32.2. The molecule has 5 nitrogen and oxygen atoms in total. The molecular weight excluding hydrogens is 258 g/mol. The smallest absolute Gasteiger partial charge is 0.263 e.